The molecule has 5 heteroatoms. The van der Waals surface area contributed by atoms with Crippen molar-refractivity contribution in [1.82, 2.24) is 4.72 Å². The summed E-state index contributed by atoms with van der Waals surface area (Å²) in [7, 11) is -3.37. The highest BCUT2D eigenvalue weighted by Crippen LogP contribution is 2.24. The van der Waals surface area contributed by atoms with E-state index in [0.29, 0.717) is 4.90 Å². The summed E-state index contributed by atoms with van der Waals surface area (Å²) < 4.78 is 26.8. The Morgan fingerprint density at radius 3 is 2.24 bits per heavy atom. The first-order valence-corrected chi connectivity index (χ1v) is 7.71. The Hall–Kier alpha value is -0.580. The monoisotopic (exact) mass is 273 g/mol. The molecule has 0 aliphatic heterocycles. The third-order valence-corrected chi connectivity index (χ3v) is 5.00. The van der Waals surface area contributed by atoms with Crippen molar-refractivity contribution < 1.29 is 8.42 Å². The maximum atomic E-state index is 12.0. The fourth-order valence-corrected chi connectivity index (χ4v) is 3.64. The van der Waals surface area contributed by atoms with E-state index in [2.05, 4.69) is 4.72 Å². The van der Waals surface area contributed by atoms with E-state index in [4.69, 9.17) is 11.6 Å². The summed E-state index contributed by atoms with van der Waals surface area (Å²) in [6.07, 6.45) is 3.40. The molecule has 1 N–H and O–H groups in total. The molecule has 1 aliphatic carbocycles. The topological polar surface area (TPSA) is 46.2 Å². The van der Waals surface area contributed by atoms with Gasteiger partial charge in [-0.15, -0.1) is 11.6 Å². The lowest BCUT2D eigenvalue weighted by molar-refractivity contribution is 0.416. The molecule has 1 aliphatic rings. The highest BCUT2D eigenvalue weighted by Gasteiger charge is 2.24. The molecule has 0 heterocycles. The van der Waals surface area contributed by atoms with Crippen LogP contribution in [0.1, 0.15) is 25.7 Å². The first-order valence-electron chi connectivity index (χ1n) is 5.79. The average molecular weight is 274 g/mol. The molecule has 0 spiro atoms. The number of halogens is 1. The van der Waals surface area contributed by atoms with Crippen molar-refractivity contribution in [2.75, 3.05) is 0 Å². The third kappa shape index (κ3) is 3.44. The van der Waals surface area contributed by atoms with Crippen molar-refractivity contribution in [1.29, 1.82) is 0 Å². The number of rotatable bonds is 3. The zero-order chi connectivity index (χ0) is 12.3. The fraction of sp³-hybridized carbons (Fsp3) is 0.500. The van der Waals surface area contributed by atoms with Crippen molar-refractivity contribution in [2.45, 2.75) is 42.0 Å². The number of nitrogens with one attached hydrogen (secondary N) is 1. The van der Waals surface area contributed by atoms with Crippen LogP contribution in [-0.4, -0.2) is 19.8 Å². The molecule has 0 unspecified atom stereocenters. The van der Waals surface area contributed by atoms with Crippen molar-refractivity contribution in [2.24, 2.45) is 0 Å². The number of hydrogen-bond acceptors (Lipinski definition) is 2. The second-order valence-electron chi connectivity index (χ2n) is 4.38. The van der Waals surface area contributed by atoms with E-state index in [1.165, 1.54) is 0 Å². The van der Waals surface area contributed by atoms with E-state index in [1.807, 2.05) is 0 Å². The molecule has 1 fully saturated rings. The summed E-state index contributed by atoms with van der Waals surface area (Å²) in [6.45, 7) is 0. The molecule has 94 valence electrons. The predicted octanol–water partition coefficient (Wildman–Crippen LogP) is 2.51. The Labute approximate surface area is 107 Å². The zero-order valence-electron chi connectivity index (χ0n) is 9.47. The van der Waals surface area contributed by atoms with Gasteiger partial charge in [-0.1, -0.05) is 18.2 Å². The van der Waals surface area contributed by atoms with Gasteiger partial charge >= 0.3 is 0 Å². The van der Waals surface area contributed by atoms with Crippen molar-refractivity contribution in [3.63, 3.8) is 0 Å². The van der Waals surface area contributed by atoms with Gasteiger partial charge in [0.15, 0.2) is 0 Å². The molecule has 0 saturated heterocycles. The van der Waals surface area contributed by atoms with Crippen LogP contribution in [0.2, 0.25) is 0 Å². The van der Waals surface area contributed by atoms with Crippen LogP contribution in [0.4, 0.5) is 0 Å². The van der Waals surface area contributed by atoms with Gasteiger partial charge in [-0.25, -0.2) is 13.1 Å². The fourth-order valence-electron chi connectivity index (χ4n) is 2.06. The van der Waals surface area contributed by atoms with Gasteiger partial charge in [0.25, 0.3) is 0 Å². The maximum Gasteiger partial charge on any atom is 0.240 e. The SMILES string of the molecule is O=S(=O)(NC1CCC(Cl)CC1)c1ccccc1. The molecule has 0 amide bonds. The predicted molar refractivity (Wildman–Crippen MR) is 68.7 cm³/mol. The smallest absolute Gasteiger partial charge is 0.208 e. The lowest BCUT2D eigenvalue weighted by Crippen LogP contribution is -2.37. The Kier molecular flexibility index (Phi) is 4.07. The lowest BCUT2D eigenvalue weighted by atomic mass is 9.96. The summed E-state index contributed by atoms with van der Waals surface area (Å²) in [4.78, 5) is 0.327. The van der Waals surface area contributed by atoms with Crippen LogP contribution in [0.3, 0.4) is 0 Å². The number of benzene rings is 1. The molecule has 1 saturated carbocycles. The average Bonchev–Trinajstić information content (AvgIpc) is 2.33. The van der Waals surface area contributed by atoms with Gasteiger partial charge in [-0.3, -0.25) is 0 Å². The number of sulfonamides is 1. The second kappa shape index (κ2) is 5.38. The van der Waals surface area contributed by atoms with E-state index < -0.39 is 10.0 Å². The Bertz CT molecular complexity index is 453. The first-order chi connectivity index (χ1) is 8.08. The summed E-state index contributed by atoms with van der Waals surface area (Å²) in [5.74, 6) is 0. The molecular formula is C12H16ClNO2S. The van der Waals surface area contributed by atoms with Gasteiger partial charge in [0, 0.05) is 11.4 Å². The molecule has 1 aromatic carbocycles. The zero-order valence-corrected chi connectivity index (χ0v) is 11.0. The van der Waals surface area contributed by atoms with Crippen molar-refractivity contribution in [3.05, 3.63) is 30.3 Å². The van der Waals surface area contributed by atoms with E-state index in [1.54, 1.807) is 30.3 Å². The second-order valence-corrected chi connectivity index (χ2v) is 6.71. The minimum atomic E-state index is -3.37. The summed E-state index contributed by atoms with van der Waals surface area (Å²) in [6, 6.07) is 8.49. The number of alkyl halides is 1. The molecule has 0 atom stereocenters. The normalized spacial score (nSPS) is 25.7. The summed E-state index contributed by atoms with van der Waals surface area (Å²) >= 11 is 5.99. The van der Waals surface area contributed by atoms with Gasteiger partial charge < -0.3 is 0 Å². The molecule has 0 aromatic heterocycles. The van der Waals surface area contributed by atoms with Crippen LogP contribution < -0.4 is 4.72 Å². The van der Waals surface area contributed by atoms with Crippen LogP contribution in [0, 0.1) is 0 Å². The first kappa shape index (κ1) is 12.9. The Morgan fingerprint density at radius 1 is 1.06 bits per heavy atom. The van der Waals surface area contributed by atoms with Gasteiger partial charge in [0.1, 0.15) is 0 Å². The summed E-state index contributed by atoms with van der Waals surface area (Å²) in [5.41, 5.74) is 0. The lowest BCUT2D eigenvalue weighted by Gasteiger charge is -2.25. The molecule has 3 nitrogen and oxygen atoms in total. The summed E-state index contributed by atoms with van der Waals surface area (Å²) in [5, 5.41) is 0.201. The van der Waals surface area contributed by atoms with E-state index in [0.717, 1.165) is 25.7 Å². The molecule has 17 heavy (non-hydrogen) atoms. The van der Waals surface area contributed by atoms with Crippen LogP contribution >= 0.6 is 11.6 Å². The molecule has 1 aromatic rings. The van der Waals surface area contributed by atoms with Gasteiger partial charge in [0.2, 0.25) is 10.0 Å². The highest BCUT2D eigenvalue weighted by molar-refractivity contribution is 7.89. The Morgan fingerprint density at radius 2 is 1.65 bits per heavy atom. The van der Waals surface area contributed by atoms with Gasteiger partial charge in [-0.2, -0.15) is 0 Å². The van der Waals surface area contributed by atoms with Crippen LogP contribution in [0.25, 0.3) is 0 Å². The Balaban J connectivity index is 2.03. The van der Waals surface area contributed by atoms with Crippen LogP contribution in [0.5, 0.6) is 0 Å². The number of hydrogen-bond donors (Lipinski definition) is 1. The molecule has 0 bridgehead atoms. The molecule has 0 radical (unpaired) electrons. The highest BCUT2D eigenvalue weighted by atomic mass is 35.5. The van der Waals surface area contributed by atoms with E-state index >= 15 is 0 Å². The van der Waals surface area contributed by atoms with E-state index in [-0.39, 0.29) is 11.4 Å². The molecule has 2 rings (SSSR count). The van der Waals surface area contributed by atoms with Crippen LogP contribution in [-0.2, 0) is 10.0 Å². The van der Waals surface area contributed by atoms with Crippen molar-refractivity contribution in [3.8, 4) is 0 Å². The quantitative estimate of drug-likeness (QED) is 0.860. The molecular weight excluding hydrogens is 258 g/mol. The van der Waals surface area contributed by atoms with E-state index in [9.17, 15) is 8.42 Å². The van der Waals surface area contributed by atoms with Crippen LogP contribution in [0.15, 0.2) is 35.2 Å². The third-order valence-electron chi connectivity index (χ3n) is 3.03. The van der Waals surface area contributed by atoms with Crippen molar-refractivity contribution >= 4 is 21.6 Å². The van der Waals surface area contributed by atoms with Gasteiger partial charge in [-0.05, 0) is 37.8 Å². The minimum Gasteiger partial charge on any atom is -0.208 e. The largest absolute Gasteiger partial charge is 0.240 e. The minimum absolute atomic E-state index is 0.0233. The van der Waals surface area contributed by atoms with Gasteiger partial charge in [0.05, 0.1) is 4.90 Å². The maximum absolute atomic E-state index is 12.0. The standard InChI is InChI=1S/C12H16ClNO2S/c13-10-6-8-11(9-7-10)14-17(15,16)12-4-2-1-3-5-12/h1-5,10-11,14H,6-9H2.